The molecule has 0 saturated heterocycles. The molecular formula is C24H19NO3S2. The number of hydrogen-bond donors (Lipinski definition) is 0. The third kappa shape index (κ3) is 4.30. The molecule has 150 valence electrons. The SMILES string of the molecule is CCOc1ccc(N2C(=O)C(Sc3ccccc3)=C(Sc3ccccc3)C2=O)cc1. The van der Waals surface area contributed by atoms with Crippen LogP contribution in [-0.4, -0.2) is 18.4 Å². The van der Waals surface area contributed by atoms with Gasteiger partial charge in [-0.3, -0.25) is 9.59 Å². The van der Waals surface area contributed by atoms with Crippen molar-refractivity contribution >= 4 is 41.0 Å². The number of carbonyl (C=O) groups excluding carboxylic acids is 2. The van der Waals surface area contributed by atoms with Crippen molar-refractivity contribution in [1.82, 2.24) is 0 Å². The lowest BCUT2D eigenvalue weighted by molar-refractivity contribution is -0.120. The molecule has 0 N–H and O–H groups in total. The van der Waals surface area contributed by atoms with E-state index in [2.05, 4.69) is 0 Å². The third-order valence-electron chi connectivity index (χ3n) is 4.33. The van der Waals surface area contributed by atoms with Crippen molar-refractivity contribution in [2.45, 2.75) is 16.7 Å². The Labute approximate surface area is 183 Å². The highest BCUT2D eigenvalue weighted by molar-refractivity contribution is 8.08. The first-order valence-electron chi connectivity index (χ1n) is 9.49. The van der Waals surface area contributed by atoms with Crippen molar-refractivity contribution < 1.29 is 14.3 Å². The molecule has 0 fully saturated rings. The second kappa shape index (κ2) is 9.24. The van der Waals surface area contributed by atoms with Crippen molar-refractivity contribution in [3.05, 3.63) is 94.7 Å². The average Bonchev–Trinajstić information content (AvgIpc) is 3.00. The molecule has 3 aromatic carbocycles. The van der Waals surface area contributed by atoms with Crippen LogP contribution in [-0.2, 0) is 9.59 Å². The fourth-order valence-corrected chi connectivity index (χ4v) is 5.00. The maximum absolute atomic E-state index is 13.3. The zero-order valence-electron chi connectivity index (χ0n) is 16.3. The van der Waals surface area contributed by atoms with Gasteiger partial charge in [0.05, 0.1) is 22.1 Å². The number of hydrogen-bond acceptors (Lipinski definition) is 5. The Morgan fingerprint density at radius 3 is 1.60 bits per heavy atom. The molecule has 0 atom stereocenters. The van der Waals surface area contributed by atoms with Gasteiger partial charge in [-0.2, -0.15) is 0 Å². The van der Waals surface area contributed by atoms with E-state index >= 15 is 0 Å². The topological polar surface area (TPSA) is 46.6 Å². The summed E-state index contributed by atoms with van der Waals surface area (Å²) in [7, 11) is 0. The van der Waals surface area contributed by atoms with Crippen LogP contribution < -0.4 is 9.64 Å². The van der Waals surface area contributed by atoms with Crippen LogP contribution in [0.25, 0.3) is 0 Å². The molecule has 1 heterocycles. The molecule has 1 aliphatic heterocycles. The van der Waals surface area contributed by atoms with E-state index in [1.807, 2.05) is 67.6 Å². The molecule has 2 amide bonds. The highest BCUT2D eigenvalue weighted by Crippen LogP contribution is 2.43. The Balaban J connectivity index is 1.69. The zero-order chi connectivity index (χ0) is 20.9. The fraction of sp³-hybridized carbons (Fsp3) is 0.0833. The Morgan fingerprint density at radius 2 is 1.17 bits per heavy atom. The van der Waals surface area contributed by atoms with Gasteiger partial charge in [-0.1, -0.05) is 59.9 Å². The summed E-state index contributed by atoms with van der Waals surface area (Å²) in [4.78, 5) is 30.6. The molecule has 0 aliphatic carbocycles. The number of thioether (sulfide) groups is 2. The minimum absolute atomic E-state index is 0.309. The lowest BCUT2D eigenvalue weighted by atomic mass is 10.3. The van der Waals surface area contributed by atoms with Crippen molar-refractivity contribution in [2.24, 2.45) is 0 Å². The number of ether oxygens (including phenoxy) is 1. The standard InChI is InChI=1S/C24H19NO3S2/c1-2-28-18-15-13-17(14-16-18)25-23(26)21(29-19-9-5-3-6-10-19)22(24(25)27)30-20-11-7-4-8-12-20/h3-16H,2H2,1H3. The molecular weight excluding hydrogens is 414 g/mol. The van der Waals surface area contributed by atoms with E-state index in [-0.39, 0.29) is 11.8 Å². The van der Waals surface area contributed by atoms with Gasteiger partial charge in [-0.05, 0) is 55.5 Å². The van der Waals surface area contributed by atoms with Crippen LogP contribution in [0, 0.1) is 0 Å². The van der Waals surface area contributed by atoms with Gasteiger partial charge in [-0.15, -0.1) is 0 Å². The van der Waals surface area contributed by atoms with Gasteiger partial charge in [-0.25, -0.2) is 4.90 Å². The first-order chi connectivity index (χ1) is 14.7. The van der Waals surface area contributed by atoms with E-state index in [4.69, 9.17) is 4.74 Å². The molecule has 0 unspecified atom stereocenters. The van der Waals surface area contributed by atoms with E-state index < -0.39 is 0 Å². The minimum Gasteiger partial charge on any atom is -0.494 e. The van der Waals surface area contributed by atoms with E-state index in [1.54, 1.807) is 24.3 Å². The molecule has 0 bridgehead atoms. The van der Waals surface area contributed by atoms with Crippen molar-refractivity contribution in [1.29, 1.82) is 0 Å². The van der Waals surface area contributed by atoms with Crippen LogP contribution in [0.1, 0.15) is 6.92 Å². The van der Waals surface area contributed by atoms with Crippen LogP contribution >= 0.6 is 23.5 Å². The van der Waals surface area contributed by atoms with Crippen molar-refractivity contribution in [3.63, 3.8) is 0 Å². The smallest absolute Gasteiger partial charge is 0.273 e. The lowest BCUT2D eigenvalue weighted by Gasteiger charge is -2.15. The third-order valence-corrected chi connectivity index (χ3v) is 6.64. The van der Waals surface area contributed by atoms with Gasteiger partial charge < -0.3 is 4.74 Å². The molecule has 30 heavy (non-hydrogen) atoms. The maximum atomic E-state index is 13.3. The number of amides is 2. The van der Waals surface area contributed by atoms with Crippen molar-refractivity contribution in [3.8, 4) is 5.75 Å². The van der Waals surface area contributed by atoms with Gasteiger partial charge >= 0.3 is 0 Å². The molecule has 0 aromatic heterocycles. The highest BCUT2D eigenvalue weighted by atomic mass is 32.2. The quantitative estimate of drug-likeness (QED) is 0.444. The minimum atomic E-state index is -0.309. The number of imide groups is 1. The van der Waals surface area contributed by atoms with E-state index in [1.165, 1.54) is 28.4 Å². The van der Waals surface area contributed by atoms with Gasteiger partial charge in [0.15, 0.2) is 0 Å². The molecule has 1 aliphatic rings. The van der Waals surface area contributed by atoms with Crippen LogP contribution in [0.4, 0.5) is 5.69 Å². The van der Waals surface area contributed by atoms with Crippen LogP contribution in [0.3, 0.4) is 0 Å². The number of benzene rings is 3. The summed E-state index contributed by atoms with van der Waals surface area (Å²) >= 11 is 2.64. The summed E-state index contributed by atoms with van der Waals surface area (Å²) in [6.45, 7) is 2.46. The Kier molecular flexibility index (Phi) is 6.26. The van der Waals surface area contributed by atoms with E-state index in [0.29, 0.717) is 27.9 Å². The van der Waals surface area contributed by atoms with Gasteiger partial charge in [0.25, 0.3) is 11.8 Å². The van der Waals surface area contributed by atoms with Crippen LogP contribution in [0.5, 0.6) is 5.75 Å². The van der Waals surface area contributed by atoms with E-state index in [0.717, 1.165) is 9.79 Å². The molecule has 0 spiro atoms. The molecule has 4 nitrogen and oxygen atoms in total. The number of carbonyl (C=O) groups is 2. The second-order valence-electron chi connectivity index (χ2n) is 6.36. The Morgan fingerprint density at radius 1 is 0.700 bits per heavy atom. The first kappa shape index (κ1) is 20.3. The molecule has 3 aromatic rings. The number of nitrogens with zero attached hydrogens (tertiary/aromatic N) is 1. The van der Waals surface area contributed by atoms with Gasteiger partial charge in [0.1, 0.15) is 5.75 Å². The predicted molar refractivity (Wildman–Crippen MR) is 122 cm³/mol. The maximum Gasteiger partial charge on any atom is 0.273 e. The summed E-state index contributed by atoms with van der Waals surface area (Å²) in [6, 6.07) is 26.2. The molecule has 0 radical (unpaired) electrons. The number of rotatable bonds is 7. The number of anilines is 1. The summed E-state index contributed by atoms with van der Waals surface area (Å²) in [5.74, 6) is 0.0824. The predicted octanol–water partition coefficient (Wildman–Crippen LogP) is 5.75. The second-order valence-corrected chi connectivity index (χ2v) is 8.53. The monoisotopic (exact) mass is 433 g/mol. The average molecular weight is 434 g/mol. The van der Waals surface area contributed by atoms with Crippen LogP contribution in [0.2, 0.25) is 0 Å². The molecule has 6 heteroatoms. The zero-order valence-corrected chi connectivity index (χ0v) is 17.9. The van der Waals surface area contributed by atoms with E-state index in [9.17, 15) is 9.59 Å². The van der Waals surface area contributed by atoms with Crippen molar-refractivity contribution in [2.75, 3.05) is 11.5 Å². The Hall–Kier alpha value is -2.96. The first-order valence-corrected chi connectivity index (χ1v) is 11.1. The normalized spacial score (nSPS) is 13.8. The fourth-order valence-electron chi connectivity index (χ4n) is 2.97. The van der Waals surface area contributed by atoms with Crippen LogP contribution in [0.15, 0.2) is 105 Å². The summed E-state index contributed by atoms with van der Waals surface area (Å²) < 4.78 is 5.47. The summed E-state index contributed by atoms with van der Waals surface area (Å²) in [6.07, 6.45) is 0. The lowest BCUT2D eigenvalue weighted by Crippen LogP contribution is -2.31. The largest absolute Gasteiger partial charge is 0.494 e. The molecule has 0 saturated carbocycles. The highest BCUT2D eigenvalue weighted by Gasteiger charge is 2.40. The molecule has 4 rings (SSSR count). The Bertz CT molecular complexity index is 1020. The van der Waals surface area contributed by atoms with Gasteiger partial charge in [0.2, 0.25) is 0 Å². The summed E-state index contributed by atoms with van der Waals surface area (Å²) in [5.41, 5.74) is 0.531. The summed E-state index contributed by atoms with van der Waals surface area (Å²) in [5, 5.41) is 0. The van der Waals surface area contributed by atoms with Gasteiger partial charge in [0, 0.05) is 9.79 Å².